The molecule has 0 aliphatic heterocycles. The zero-order chi connectivity index (χ0) is 25.0. The lowest BCUT2D eigenvalue weighted by Gasteiger charge is -2.12. The van der Waals surface area contributed by atoms with Gasteiger partial charge in [0.15, 0.2) is 0 Å². The van der Waals surface area contributed by atoms with Crippen LogP contribution in [0.5, 0.6) is 0 Å². The predicted octanol–water partition coefficient (Wildman–Crippen LogP) is 2.80. The number of nitrogens with two attached hydrogens (primary N) is 1. The van der Waals surface area contributed by atoms with E-state index in [0.29, 0.717) is 37.1 Å². The Morgan fingerprint density at radius 1 is 1.03 bits per heavy atom. The lowest BCUT2D eigenvalue weighted by Crippen LogP contribution is -2.31. The second kappa shape index (κ2) is 10.4. The molecular weight excluding hydrogens is 460 g/mol. The van der Waals surface area contributed by atoms with Crippen molar-refractivity contribution in [2.75, 3.05) is 27.2 Å². The van der Waals surface area contributed by atoms with Crippen LogP contribution in [0, 0.1) is 5.41 Å². The minimum atomic E-state index is -3.64. The molecular formula is C26H30N6O2S. The zero-order valence-corrected chi connectivity index (χ0v) is 20.7. The number of aromatic nitrogens is 2. The minimum Gasteiger partial charge on any atom is -0.384 e. The first kappa shape index (κ1) is 24.6. The van der Waals surface area contributed by atoms with Gasteiger partial charge in [-0.05, 0) is 43.4 Å². The number of fused-ring (bicyclic) bond motifs is 1. The Balaban J connectivity index is 1.70. The van der Waals surface area contributed by atoms with Crippen molar-refractivity contribution in [3.8, 4) is 0 Å². The van der Waals surface area contributed by atoms with E-state index in [0.717, 1.165) is 22.5 Å². The van der Waals surface area contributed by atoms with Crippen molar-refractivity contribution in [3.63, 3.8) is 0 Å². The third kappa shape index (κ3) is 5.94. The summed E-state index contributed by atoms with van der Waals surface area (Å²) in [6.45, 7) is 1.56. The van der Waals surface area contributed by atoms with Crippen molar-refractivity contribution in [1.82, 2.24) is 19.2 Å². The van der Waals surface area contributed by atoms with Crippen molar-refractivity contribution in [2.45, 2.75) is 17.9 Å². The lowest BCUT2D eigenvalue weighted by atomic mass is 10.1. The molecule has 0 bridgehead atoms. The van der Waals surface area contributed by atoms with Crippen molar-refractivity contribution >= 4 is 26.9 Å². The van der Waals surface area contributed by atoms with Gasteiger partial charge in [-0.1, -0.05) is 54.6 Å². The highest BCUT2D eigenvalue weighted by Crippen LogP contribution is 2.23. The highest BCUT2D eigenvalue weighted by Gasteiger charge is 2.18. The number of sulfonamides is 1. The summed E-state index contributed by atoms with van der Waals surface area (Å²) in [6.07, 6.45) is 0.558. The summed E-state index contributed by atoms with van der Waals surface area (Å²) in [5.41, 5.74) is 9.91. The van der Waals surface area contributed by atoms with Gasteiger partial charge in [-0.3, -0.25) is 5.41 Å². The molecule has 9 heteroatoms. The maximum Gasteiger partial charge on any atom is 0.240 e. The third-order valence-corrected chi connectivity index (χ3v) is 7.23. The number of benzene rings is 3. The molecule has 0 radical (unpaired) electrons. The second-order valence-electron chi connectivity index (χ2n) is 8.74. The quantitative estimate of drug-likeness (QED) is 0.233. The molecule has 35 heavy (non-hydrogen) atoms. The number of nitrogens with zero attached hydrogens (tertiary/aromatic N) is 3. The van der Waals surface area contributed by atoms with Gasteiger partial charge in [-0.25, -0.2) is 18.1 Å². The summed E-state index contributed by atoms with van der Waals surface area (Å²) < 4.78 is 30.4. The molecule has 0 saturated carbocycles. The van der Waals surface area contributed by atoms with Gasteiger partial charge in [0.05, 0.1) is 15.9 Å². The van der Waals surface area contributed by atoms with E-state index < -0.39 is 10.0 Å². The molecule has 0 aliphatic rings. The van der Waals surface area contributed by atoms with Crippen LogP contribution >= 0.6 is 0 Å². The van der Waals surface area contributed by atoms with Crippen LogP contribution in [-0.2, 0) is 23.0 Å². The van der Waals surface area contributed by atoms with Crippen LogP contribution in [-0.4, -0.2) is 55.9 Å². The molecule has 0 unspecified atom stereocenters. The smallest absolute Gasteiger partial charge is 0.240 e. The van der Waals surface area contributed by atoms with Crippen LogP contribution in [0.25, 0.3) is 11.0 Å². The fourth-order valence-corrected chi connectivity index (χ4v) is 4.92. The van der Waals surface area contributed by atoms with Crippen molar-refractivity contribution in [3.05, 3.63) is 95.3 Å². The first-order valence-corrected chi connectivity index (χ1v) is 12.8. The highest BCUT2D eigenvalue weighted by atomic mass is 32.2. The number of hydrogen-bond donors (Lipinski definition) is 3. The van der Waals surface area contributed by atoms with E-state index in [1.807, 2.05) is 67.5 Å². The summed E-state index contributed by atoms with van der Waals surface area (Å²) in [4.78, 5) is 6.96. The van der Waals surface area contributed by atoms with Crippen LogP contribution in [0.1, 0.15) is 22.5 Å². The van der Waals surface area contributed by atoms with Crippen LogP contribution in [0.3, 0.4) is 0 Å². The van der Waals surface area contributed by atoms with Gasteiger partial charge < -0.3 is 15.2 Å². The lowest BCUT2D eigenvalue weighted by molar-refractivity contribution is 0.412. The molecule has 4 N–H and O–H groups in total. The van der Waals surface area contributed by atoms with Gasteiger partial charge in [-0.2, -0.15) is 0 Å². The average molecular weight is 491 g/mol. The number of imidazole rings is 1. The maximum absolute atomic E-state index is 12.8. The first-order chi connectivity index (χ1) is 16.7. The van der Waals surface area contributed by atoms with Crippen molar-refractivity contribution in [2.24, 2.45) is 5.73 Å². The van der Waals surface area contributed by atoms with E-state index in [1.165, 1.54) is 0 Å². The van der Waals surface area contributed by atoms with E-state index >= 15 is 0 Å². The topological polar surface area (TPSA) is 117 Å². The Kier molecular flexibility index (Phi) is 7.30. The molecule has 0 aliphatic carbocycles. The molecule has 0 spiro atoms. The first-order valence-electron chi connectivity index (χ1n) is 11.3. The molecule has 4 rings (SSSR count). The molecule has 1 heterocycles. The van der Waals surface area contributed by atoms with Gasteiger partial charge in [0, 0.05) is 31.6 Å². The van der Waals surface area contributed by atoms with E-state index in [2.05, 4.69) is 21.4 Å². The number of nitrogen functional groups attached to an aromatic ring is 1. The Bertz CT molecular complexity index is 1430. The Morgan fingerprint density at radius 2 is 1.74 bits per heavy atom. The summed E-state index contributed by atoms with van der Waals surface area (Å²) in [5.74, 6) is 0.857. The summed E-state index contributed by atoms with van der Waals surface area (Å²) in [7, 11) is 0.156. The minimum absolute atomic E-state index is 0.0285. The number of amidine groups is 1. The van der Waals surface area contributed by atoms with Crippen molar-refractivity contribution < 1.29 is 8.42 Å². The average Bonchev–Trinajstić information content (AvgIpc) is 3.15. The largest absolute Gasteiger partial charge is 0.384 e. The standard InChI is InChI=1S/C26H30N6O2S/c1-31(2)15-14-29-35(33,34)22-12-13-24-23(17-22)30-25(32(24)18-20-6-4-3-5-7-20)16-19-8-10-21(11-9-19)26(27)28/h3-13,17,29H,14-16,18H2,1-2H3,(H3,27,28). The second-order valence-corrected chi connectivity index (χ2v) is 10.5. The Labute approximate surface area is 206 Å². The van der Waals surface area contributed by atoms with Crippen LogP contribution < -0.4 is 10.5 Å². The molecule has 182 valence electrons. The molecule has 0 amide bonds. The number of likely N-dealkylation sites (N-methyl/N-ethyl adjacent to an activating group) is 1. The van der Waals surface area contributed by atoms with Gasteiger partial charge >= 0.3 is 0 Å². The summed E-state index contributed by atoms with van der Waals surface area (Å²) in [5, 5.41) is 7.60. The summed E-state index contributed by atoms with van der Waals surface area (Å²) >= 11 is 0. The number of rotatable bonds is 10. The molecule has 3 aromatic carbocycles. The normalized spacial score (nSPS) is 11.9. The van der Waals surface area contributed by atoms with Gasteiger partial charge in [0.1, 0.15) is 11.7 Å². The van der Waals surface area contributed by atoms with Crippen LogP contribution in [0.15, 0.2) is 77.7 Å². The molecule has 1 aromatic heterocycles. The molecule has 0 fully saturated rings. The molecule has 4 aromatic rings. The molecule has 0 atom stereocenters. The van der Waals surface area contributed by atoms with Gasteiger partial charge in [0.2, 0.25) is 10.0 Å². The Morgan fingerprint density at radius 3 is 2.40 bits per heavy atom. The number of hydrogen-bond acceptors (Lipinski definition) is 5. The summed E-state index contributed by atoms with van der Waals surface area (Å²) in [6, 6.07) is 22.7. The number of nitrogens with one attached hydrogen (secondary N) is 2. The van der Waals surface area contributed by atoms with Crippen LogP contribution in [0.2, 0.25) is 0 Å². The zero-order valence-electron chi connectivity index (χ0n) is 19.9. The molecule has 8 nitrogen and oxygen atoms in total. The van der Waals surface area contributed by atoms with Crippen molar-refractivity contribution in [1.29, 1.82) is 5.41 Å². The third-order valence-electron chi connectivity index (χ3n) is 5.77. The Hall–Kier alpha value is -3.53. The van der Waals surface area contributed by atoms with Gasteiger partial charge in [0.25, 0.3) is 0 Å². The maximum atomic E-state index is 12.8. The van der Waals surface area contributed by atoms with E-state index in [1.54, 1.807) is 12.1 Å². The van der Waals surface area contributed by atoms with E-state index in [9.17, 15) is 8.42 Å². The fourth-order valence-electron chi connectivity index (χ4n) is 3.88. The SMILES string of the molecule is CN(C)CCNS(=O)(=O)c1ccc2c(c1)nc(Cc1ccc(C(=N)N)cc1)n2Cc1ccccc1. The fraction of sp³-hybridized carbons (Fsp3) is 0.231. The predicted molar refractivity (Wildman–Crippen MR) is 139 cm³/mol. The van der Waals surface area contributed by atoms with E-state index in [4.69, 9.17) is 16.1 Å². The van der Waals surface area contributed by atoms with Gasteiger partial charge in [-0.15, -0.1) is 0 Å². The molecule has 0 saturated heterocycles. The highest BCUT2D eigenvalue weighted by molar-refractivity contribution is 7.89. The monoisotopic (exact) mass is 490 g/mol. The van der Waals surface area contributed by atoms with Crippen LogP contribution in [0.4, 0.5) is 0 Å². The van der Waals surface area contributed by atoms with E-state index in [-0.39, 0.29) is 10.7 Å².